The van der Waals surface area contributed by atoms with E-state index in [1.54, 1.807) is 45.7 Å². The number of methoxy groups -OCH3 is 3. The summed E-state index contributed by atoms with van der Waals surface area (Å²) in [6.07, 6.45) is 4.45. The van der Waals surface area contributed by atoms with Gasteiger partial charge < -0.3 is 14.2 Å². The van der Waals surface area contributed by atoms with Crippen molar-refractivity contribution in [1.29, 1.82) is 0 Å². The summed E-state index contributed by atoms with van der Waals surface area (Å²) in [4.78, 5) is 20.8. The molecule has 1 N–H and O–H groups in total. The second-order valence-electron chi connectivity index (χ2n) is 5.83. The maximum atomic E-state index is 12.4. The summed E-state index contributed by atoms with van der Waals surface area (Å²) in [7, 11) is 4.72. The first-order chi connectivity index (χ1) is 14.1. The number of rotatable bonds is 7. The molecule has 0 fully saturated rings. The van der Waals surface area contributed by atoms with Crippen molar-refractivity contribution in [3.8, 4) is 28.5 Å². The number of hydrazone groups is 1. The molecule has 148 valence electrons. The Labute approximate surface area is 168 Å². The average molecular weight is 392 g/mol. The Morgan fingerprint density at radius 2 is 1.69 bits per heavy atom. The summed E-state index contributed by atoms with van der Waals surface area (Å²) in [5.41, 5.74) is 4.67. The van der Waals surface area contributed by atoms with Crippen molar-refractivity contribution >= 4 is 12.1 Å². The fourth-order valence-corrected chi connectivity index (χ4v) is 2.52. The number of nitrogens with zero attached hydrogens (tertiary/aromatic N) is 3. The van der Waals surface area contributed by atoms with Crippen LogP contribution in [0.2, 0.25) is 0 Å². The third kappa shape index (κ3) is 4.86. The Kier molecular flexibility index (Phi) is 6.36. The predicted molar refractivity (Wildman–Crippen MR) is 109 cm³/mol. The zero-order valence-electron chi connectivity index (χ0n) is 16.2. The quantitative estimate of drug-likeness (QED) is 0.491. The molecule has 0 aliphatic heterocycles. The minimum atomic E-state index is -0.475. The van der Waals surface area contributed by atoms with Gasteiger partial charge in [0.15, 0.2) is 0 Å². The highest BCUT2D eigenvalue weighted by molar-refractivity contribution is 5.93. The molecule has 1 amide bonds. The Morgan fingerprint density at radius 1 is 0.966 bits per heavy atom. The number of ether oxygens (including phenoxy) is 3. The molecule has 0 saturated carbocycles. The summed E-state index contributed by atoms with van der Waals surface area (Å²) in [6.45, 7) is 0. The van der Waals surface area contributed by atoms with Crippen molar-refractivity contribution < 1.29 is 19.0 Å². The van der Waals surface area contributed by atoms with Crippen LogP contribution in [-0.4, -0.2) is 43.4 Å². The summed E-state index contributed by atoms with van der Waals surface area (Å²) in [5, 5.41) is 3.98. The standard InChI is InChI=1S/C21H20N4O4/c1-27-16-7-4-14(5-8-16)18-12-22-13-19(24-18)21(26)25-23-11-15-6-9-17(28-2)10-20(15)29-3/h4-13H,1-3H3,(H,25,26)/b23-11+. The highest BCUT2D eigenvalue weighted by Gasteiger charge is 2.10. The molecule has 3 aromatic rings. The lowest BCUT2D eigenvalue weighted by molar-refractivity contribution is 0.0950. The van der Waals surface area contributed by atoms with Gasteiger partial charge in [-0.1, -0.05) is 0 Å². The average Bonchev–Trinajstić information content (AvgIpc) is 2.79. The smallest absolute Gasteiger partial charge is 0.291 e. The number of hydrogen-bond donors (Lipinski definition) is 1. The molecule has 8 nitrogen and oxygen atoms in total. The first-order valence-corrected chi connectivity index (χ1v) is 8.66. The van der Waals surface area contributed by atoms with Gasteiger partial charge in [0.1, 0.15) is 22.9 Å². The molecule has 3 rings (SSSR count). The summed E-state index contributed by atoms with van der Waals surface area (Å²) in [6, 6.07) is 12.6. The van der Waals surface area contributed by atoms with Crippen LogP contribution in [0.25, 0.3) is 11.3 Å². The molecule has 0 radical (unpaired) electrons. The Hall–Kier alpha value is -3.94. The molecule has 8 heteroatoms. The number of benzene rings is 2. The van der Waals surface area contributed by atoms with Gasteiger partial charge in [-0.15, -0.1) is 0 Å². The fraction of sp³-hybridized carbons (Fsp3) is 0.143. The maximum absolute atomic E-state index is 12.4. The molecule has 1 heterocycles. The van der Waals surface area contributed by atoms with E-state index in [1.165, 1.54) is 12.4 Å². The van der Waals surface area contributed by atoms with Crippen molar-refractivity contribution in [2.45, 2.75) is 0 Å². The number of hydrogen-bond acceptors (Lipinski definition) is 7. The minimum Gasteiger partial charge on any atom is -0.497 e. The lowest BCUT2D eigenvalue weighted by Gasteiger charge is -2.07. The van der Waals surface area contributed by atoms with E-state index in [4.69, 9.17) is 14.2 Å². The lowest BCUT2D eigenvalue weighted by atomic mass is 10.1. The van der Waals surface area contributed by atoms with E-state index in [0.717, 1.165) is 11.3 Å². The molecule has 0 unspecified atom stereocenters. The van der Waals surface area contributed by atoms with E-state index >= 15 is 0 Å². The second kappa shape index (κ2) is 9.32. The van der Waals surface area contributed by atoms with Crippen molar-refractivity contribution in [3.63, 3.8) is 0 Å². The van der Waals surface area contributed by atoms with Crippen LogP contribution < -0.4 is 19.6 Å². The monoisotopic (exact) mass is 392 g/mol. The van der Waals surface area contributed by atoms with E-state index in [-0.39, 0.29) is 5.69 Å². The van der Waals surface area contributed by atoms with Gasteiger partial charge in [-0.3, -0.25) is 9.78 Å². The first-order valence-electron chi connectivity index (χ1n) is 8.66. The van der Waals surface area contributed by atoms with E-state index in [0.29, 0.717) is 22.8 Å². The number of carbonyl (C=O) groups is 1. The summed E-state index contributed by atoms with van der Waals surface area (Å²) < 4.78 is 15.6. The van der Waals surface area contributed by atoms with E-state index < -0.39 is 5.91 Å². The molecule has 0 aliphatic rings. The molecule has 0 spiro atoms. The number of nitrogens with one attached hydrogen (secondary N) is 1. The summed E-state index contributed by atoms with van der Waals surface area (Å²) in [5.74, 6) is 1.49. The van der Waals surface area contributed by atoms with Gasteiger partial charge in [-0.25, -0.2) is 10.4 Å². The molecular weight excluding hydrogens is 372 g/mol. The predicted octanol–water partition coefficient (Wildman–Crippen LogP) is 2.93. The van der Waals surface area contributed by atoms with Gasteiger partial charge in [0, 0.05) is 17.2 Å². The van der Waals surface area contributed by atoms with Crippen LogP contribution in [0.4, 0.5) is 0 Å². The van der Waals surface area contributed by atoms with Crippen LogP contribution in [-0.2, 0) is 0 Å². The van der Waals surface area contributed by atoms with Crippen LogP contribution in [0.15, 0.2) is 60.0 Å². The topological polar surface area (TPSA) is 94.9 Å². The van der Waals surface area contributed by atoms with Gasteiger partial charge in [0.25, 0.3) is 5.91 Å². The minimum absolute atomic E-state index is 0.150. The molecule has 0 atom stereocenters. The van der Waals surface area contributed by atoms with Gasteiger partial charge in [0.2, 0.25) is 0 Å². The molecule has 0 saturated heterocycles. The van der Waals surface area contributed by atoms with E-state index in [2.05, 4.69) is 20.5 Å². The third-order valence-corrected chi connectivity index (χ3v) is 4.06. The van der Waals surface area contributed by atoms with Gasteiger partial charge in [-0.05, 0) is 36.4 Å². The Balaban J connectivity index is 1.72. The van der Waals surface area contributed by atoms with Crippen molar-refractivity contribution in [2.24, 2.45) is 5.10 Å². The lowest BCUT2D eigenvalue weighted by Crippen LogP contribution is -2.19. The van der Waals surface area contributed by atoms with Gasteiger partial charge in [-0.2, -0.15) is 5.10 Å². The molecule has 0 aliphatic carbocycles. The highest BCUT2D eigenvalue weighted by atomic mass is 16.5. The molecule has 1 aromatic heterocycles. The largest absolute Gasteiger partial charge is 0.497 e. The number of amides is 1. The van der Waals surface area contributed by atoms with Crippen LogP contribution in [0.1, 0.15) is 16.1 Å². The van der Waals surface area contributed by atoms with E-state index in [1.807, 2.05) is 24.3 Å². The fourth-order valence-electron chi connectivity index (χ4n) is 2.52. The molecule has 2 aromatic carbocycles. The SMILES string of the molecule is COc1ccc(-c2cncc(C(=O)N/N=C/c3ccc(OC)cc3OC)n2)cc1. The van der Waals surface area contributed by atoms with Crippen LogP contribution in [0, 0.1) is 0 Å². The normalized spacial score (nSPS) is 10.6. The maximum Gasteiger partial charge on any atom is 0.291 e. The van der Waals surface area contributed by atoms with E-state index in [9.17, 15) is 4.79 Å². The second-order valence-corrected chi connectivity index (χ2v) is 5.83. The van der Waals surface area contributed by atoms with Crippen molar-refractivity contribution in [1.82, 2.24) is 15.4 Å². The van der Waals surface area contributed by atoms with Crippen LogP contribution in [0.5, 0.6) is 17.2 Å². The molecule has 29 heavy (non-hydrogen) atoms. The first kappa shape index (κ1) is 19.8. The molecule has 0 bridgehead atoms. The van der Waals surface area contributed by atoms with Crippen LogP contribution in [0.3, 0.4) is 0 Å². The zero-order valence-corrected chi connectivity index (χ0v) is 16.2. The highest BCUT2D eigenvalue weighted by Crippen LogP contribution is 2.23. The number of aromatic nitrogens is 2. The van der Waals surface area contributed by atoms with Gasteiger partial charge >= 0.3 is 0 Å². The molecular formula is C21H20N4O4. The van der Waals surface area contributed by atoms with Gasteiger partial charge in [0.05, 0.1) is 45.6 Å². The number of carbonyl (C=O) groups excluding carboxylic acids is 1. The van der Waals surface area contributed by atoms with Crippen LogP contribution >= 0.6 is 0 Å². The third-order valence-electron chi connectivity index (χ3n) is 4.06. The zero-order chi connectivity index (χ0) is 20.6. The Bertz CT molecular complexity index is 1020. The summed E-state index contributed by atoms with van der Waals surface area (Å²) >= 11 is 0. The van der Waals surface area contributed by atoms with Crippen molar-refractivity contribution in [3.05, 3.63) is 66.1 Å². The van der Waals surface area contributed by atoms with Crippen molar-refractivity contribution in [2.75, 3.05) is 21.3 Å². The Morgan fingerprint density at radius 3 is 2.38 bits per heavy atom.